The van der Waals surface area contributed by atoms with Crippen molar-refractivity contribution in [1.82, 2.24) is 14.7 Å². The van der Waals surface area contributed by atoms with Gasteiger partial charge in [-0.3, -0.25) is 14.4 Å². The van der Waals surface area contributed by atoms with Gasteiger partial charge in [0, 0.05) is 50.9 Å². The van der Waals surface area contributed by atoms with Crippen molar-refractivity contribution < 1.29 is 14.4 Å². The van der Waals surface area contributed by atoms with Gasteiger partial charge in [-0.15, -0.1) is 11.3 Å². The molecule has 6 nitrogen and oxygen atoms in total. The number of aryl methyl sites for hydroxylation is 1. The number of thiophene rings is 1. The van der Waals surface area contributed by atoms with Gasteiger partial charge in [0.15, 0.2) is 0 Å². The zero-order valence-corrected chi connectivity index (χ0v) is 17.1. The third kappa shape index (κ3) is 4.89. The standard InChI is InChI=1S/C20H29N3O3S/c1-15-8-12-27-17(15)14-21(2)20(26)16-6-7-19(25)23(13-16)11-4-10-22-9-3-5-18(22)24/h8,12,16H,3-7,9-11,13-14H2,1-2H3. The van der Waals surface area contributed by atoms with E-state index < -0.39 is 0 Å². The Kier molecular flexibility index (Phi) is 6.52. The first-order valence-electron chi connectivity index (χ1n) is 9.79. The Morgan fingerprint density at radius 1 is 1.22 bits per heavy atom. The Balaban J connectivity index is 1.49. The fourth-order valence-corrected chi connectivity index (χ4v) is 4.86. The highest BCUT2D eigenvalue weighted by Crippen LogP contribution is 2.23. The molecule has 2 aliphatic heterocycles. The summed E-state index contributed by atoms with van der Waals surface area (Å²) in [5.74, 6) is 0.346. The Labute approximate surface area is 165 Å². The van der Waals surface area contributed by atoms with Crippen LogP contribution in [0.25, 0.3) is 0 Å². The fourth-order valence-electron chi connectivity index (χ4n) is 3.90. The van der Waals surface area contributed by atoms with Crippen molar-refractivity contribution in [3.05, 3.63) is 21.9 Å². The van der Waals surface area contributed by atoms with Crippen LogP contribution in [-0.4, -0.2) is 65.6 Å². The molecule has 0 aromatic carbocycles. The zero-order chi connectivity index (χ0) is 19.4. The minimum absolute atomic E-state index is 0.120. The van der Waals surface area contributed by atoms with Gasteiger partial charge in [-0.2, -0.15) is 0 Å². The molecule has 27 heavy (non-hydrogen) atoms. The molecule has 2 fully saturated rings. The Morgan fingerprint density at radius 2 is 1.96 bits per heavy atom. The Bertz CT molecular complexity index is 702. The molecule has 3 heterocycles. The van der Waals surface area contributed by atoms with Crippen molar-refractivity contribution in [2.24, 2.45) is 5.92 Å². The minimum atomic E-state index is -0.124. The second-order valence-corrected chi connectivity index (χ2v) is 8.64. The lowest BCUT2D eigenvalue weighted by atomic mass is 9.96. The predicted octanol–water partition coefficient (Wildman–Crippen LogP) is 2.27. The fraction of sp³-hybridized carbons (Fsp3) is 0.650. The molecule has 0 N–H and O–H groups in total. The van der Waals surface area contributed by atoms with Crippen molar-refractivity contribution in [2.45, 2.75) is 45.6 Å². The maximum absolute atomic E-state index is 12.9. The summed E-state index contributed by atoms with van der Waals surface area (Å²) >= 11 is 1.68. The van der Waals surface area contributed by atoms with Crippen LogP contribution in [0.4, 0.5) is 0 Å². The summed E-state index contributed by atoms with van der Waals surface area (Å²) in [4.78, 5) is 43.5. The number of piperidine rings is 1. The van der Waals surface area contributed by atoms with Gasteiger partial charge in [0.2, 0.25) is 17.7 Å². The van der Waals surface area contributed by atoms with Gasteiger partial charge in [0.25, 0.3) is 0 Å². The summed E-state index contributed by atoms with van der Waals surface area (Å²) in [5.41, 5.74) is 1.22. The van der Waals surface area contributed by atoms with Crippen LogP contribution in [0.3, 0.4) is 0 Å². The first kappa shape index (κ1) is 19.9. The average Bonchev–Trinajstić information content (AvgIpc) is 3.24. The van der Waals surface area contributed by atoms with Crippen LogP contribution < -0.4 is 0 Å². The third-order valence-corrected chi connectivity index (χ3v) is 6.61. The van der Waals surface area contributed by atoms with Gasteiger partial charge in [0.05, 0.1) is 12.5 Å². The molecule has 1 atom stereocenters. The van der Waals surface area contributed by atoms with Crippen LogP contribution in [0.15, 0.2) is 11.4 Å². The Hall–Kier alpha value is -1.89. The maximum atomic E-state index is 12.9. The number of rotatable bonds is 7. The lowest BCUT2D eigenvalue weighted by Gasteiger charge is -2.34. The van der Waals surface area contributed by atoms with Crippen molar-refractivity contribution in [2.75, 3.05) is 33.2 Å². The lowest BCUT2D eigenvalue weighted by Crippen LogP contribution is -2.46. The van der Waals surface area contributed by atoms with E-state index in [0.29, 0.717) is 45.4 Å². The van der Waals surface area contributed by atoms with E-state index in [9.17, 15) is 14.4 Å². The molecule has 1 unspecified atom stereocenters. The zero-order valence-electron chi connectivity index (χ0n) is 16.3. The van der Waals surface area contributed by atoms with Crippen LogP contribution in [-0.2, 0) is 20.9 Å². The second kappa shape index (κ2) is 8.87. The van der Waals surface area contributed by atoms with E-state index in [4.69, 9.17) is 0 Å². The molecule has 7 heteroatoms. The van der Waals surface area contributed by atoms with E-state index in [0.717, 1.165) is 19.4 Å². The molecular weight excluding hydrogens is 362 g/mol. The van der Waals surface area contributed by atoms with Crippen LogP contribution in [0.5, 0.6) is 0 Å². The monoisotopic (exact) mass is 391 g/mol. The Morgan fingerprint density at radius 3 is 2.63 bits per heavy atom. The first-order valence-corrected chi connectivity index (χ1v) is 10.7. The number of nitrogens with zero attached hydrogens (tertiary/aromatic N) is 3. The lowest BCUT2D eigenvalue weighted by molar-refractivity contribution is -0.142. The highest BCUT2D eigenvalue weighted by atomic mass is 32.1. The molecule has 0 radical (unpaired) electrons. The number of hydrogen-bond donors (Lipinski definition) is 0. The molecule has 0 spiro atoms. The van der Waals surface area contributed by atoms with Crippen molar-refractivity contribution in [3.8, 4) is 0 Å². The van der Waals surface area contributed by atoms with Crippen LogP contribution in [0.2, 0.25) is 0 Å². The summed E-state index contributed by atoms with van der Waals surface area (Å²) in [5, 5.41) is 2.05. The molecule has 3 amide bonds. The van der Waals surface area contributed by atoms with Crippen LogP contribution in [0, 0.1) is 12.8 Å². The largest absolute Gasteiger partial charge is 0.343 e. The smallest absolute Gasteiger partial charge is 0.227 e. The highest BCUT2D eigenvalue weighted by molar-refractivity contribution is 7.10. The maximum Gasteiger partial charge on any atom is 0.227 e. The first-order chi connectivity index (χ1) is 13.0. The van der Waals surface area contributed by atoms with Gasteiger partial charge in [0.1, 0.15) is 0 Å². The normalized spacial score (nSPS) is 20.4. The molecule has 2 saturated heterocycles. The summed E-state index contributed by atoms with van der Waals surface area (Å²) < 4.78 is 0. The average molecular weight is 392 g/mol. The molecule has 0 saturated carbocycles. The number of amides is 3. The molecule has 1 aromatic rings. The topological polar surface area (TPSA) is 60.9 Å². The van der Waals surface area contributed by atoms with Gasteiger partial charge in [-0.05, 0) is 43.2 Å². The van der Waals surface area contributed by atoms with Gasteiger partial charge in [-0.1, -0.05) is 0 Å². The van der Waals surface area contributed by atoms with E-state index >= 15 is 0 Å². The van der Waals surface area contributed by atoms with E-state index in [1.54, 1.807) is 16.2 Å². The van der Waals surface area contributed by atoms with Crippen molar-refractivity contribution >= 4 is 29.1 Å². The number of likely N-dealkylation sites (tertiary alicyclic amines) is 2. The molecular formula is C20H29N3O3S. The van der Waals surface area contributed by atoms with Crippen LogP contribution >= 0.6 is 11.3 Å². The SMILES string of the molecule is Cc1ccsc1CN(C)C(=O)C1CCC(=O)N(CCCN2CCCC2=O)C1. The molecule has 0 bridgehead atoms. The van der Waals surface area contributed by atoms with Gasteiger partial charge in [-0.25, -0.2) is 0 Å². The number of hydrogen-bond acceptors (Lipinski definition) is 4. The molecule has 3 rings (SSSR count). The van der Waals surface area contributed by atoms with E-state index in [1.165, 1.54) is 10.4 Å². The number of carbonyl (C=O) groups is 3. The van der Waals surface area contributed by atoms with E-state index in [1.807, 2.05) is 16.8 Å². The van der Waals surface area contributed by atoms with E-state index in [-0.39, 0.29) is 23.6 Å². The van der Waals surface area contributed by atoms with Gasteiger partial charge < -0.3 is 14.7 Å². The highest BCUT2D eigenvalue weighted by Gasteiger charge is 2.32. The number of carbonyl (C=O) groups excluding carboxylic acids is 3. The summed E-state index contributed by atoms with van der Waals surface area (Å²) in [7, 11) is 1.85. The molecule has 148 valence electrons. The summed E-state index contributed by atoms with van der Waals surface area (Å²) in [6.07, 6.45) is 3.43. The van der Waals surface area contributed by atoms with Gasteiger partial charge >= 0.3 is 0 Å². The van der Waals surface area contributed by atoms with Crippen LogP contribution in [0.1, 0.15) is 42.5 Å². The molecule has 1 aromatic heterocycles. The third-order valence-electron chi connectivity index (χ3n) is 5.60. The van der Waals surface area contributed by atoms with Crippen molar-refractivity contribution in [3.63, 3.8) is 0 Å². The molecule has 2 aliphatic rings. The summed E-state index contributed by atoms with van der Waals surface area (Å²) in [6.45, 7) is 5.36. The van der Waals surface area contributed by atoms with E-state index in [2.05, 4.69) is 18.4 Å². The second-order valence-electron chi connectivity index (χ2n) is 7.63. The molecule has 0 aliphatic carbocycles. The quantitative estimate of drug-likeness (QED) is 0.716. The minimum Gasteiger partial charge on any atom is -0.343 e. The predicted molar refractivity (Wildman–Crippen MR) is 105 cm³/mol. The van der Waals surface area contributed by atoms with Crippen molar-refractivity contribution in [1.29, 1.82) is 0 Å². The summed E-state index contributed by atoms with van der Waals surface area (Å²) in [6, 6.07) is 2.07.